The van der Waals surface area contributed by atoms with Gasteiger partial charge in [0, 0.05) is 18.3 Å². The monoisotopic (exact) mass is 365 g/mol. The molecule has 1 aromatic heterocycles. The lowest BCUT2D eigenvalue weighted by atomic mass is 10.1. The molecule has 0 fully saturated rings. The van der Waals surface area contributed by atoms with E-state index in [1.165, 1.54) is 41.2 Å². The normalized spacial score (nSPS) is 11.6. The highest BCUT2D eigenvalue weighted by atomic mass is 16.6. The Hall–Kier alpha value is -4.01. The van der Waals surface area contributed by atoms with Crippen molar-refractivity contribution < 1.29 is 14.5 Å². The lowest BCUT2D eigenvalue weighted by Gasteiger charge is -2.14. The van der Waals surface area contributed by atoms with Crippen LogP contribution in [0.5, 0.6) is 0 Å². The number of nitrogens with two attached hydrogens (primary N) is 1. The Balaban J connectivity index is 1.78. The van der Waals surface area contributed by atoms with Crippen LogP contribution in [-0.4, -0.2) is 26.5 Å². The third kappa shape index (κ3) is 3.98. The van der Waals surface area contributed by atoms with Gasteiger partial charge >= 0.3 is 0 Å². The number of carbonyl (C=O) groups is 2. The van der Waals surface area contributed by atoms with Gasteiger partial charge in [0.2, 0.25) is 5.91 Å². The third-order valence-corrected chi connectivity index (χ3v) is 3.84. The summed E-state index contributed by atoms with van der Waals surface area (Å²) >= 11 is 0. The number of rotatable bonds is 6. The molecule has 0 radical (unpaired) electrons. The molecule has 3 rings (SSSR count). The summed E-state index contributed by atoms with van der Waals surface area (Å²) in [6.07, 6.45) is 1.54. The molecular formula is C18H15N5O4. The van der Waals surface area contributed by atoms with Gasteiger partial charge in [0.1, 0.15) is 6.04 Å². The molecule has 3 aromatic rings. The minimum Gasteiger partial charge on any atom is -0.368 e. The van der Waals surface area contributed by atoms with Gasteiger partial charge in [0.05, 0.1) is 10.6 Å². The van der Waals surface area contributed by atoms with Gasteiger partial charge in [0.15, 0.2) is 5.69 Å². The predicted molar refractivity (Wildman–Crippen MR) is 96.1 cm³/mol. The second-order valence-electron chi connectivity index (χ2n) is 5.64. The van der Waals surface area contributed by atoms with Crippen LogP contribution in [0.25, 0.3) is 5.69 Å². The Morgan fingerprint density at radius 2 is 1.74 bits per heavy atom. The fourth-order valence-corrected chi connectivity index (χ4v) is 2.49. The largest absolute Gasteiger partial charge is 0.368 e. The van der Waals surface area contributed by atoms with E-state index in [0.717, 1.165) is 0 Å². The highest BCUT2D eigenvalue weighted by molar-refractivity contribution is 5.96. The summed E-state index contributed by atoms with van der Waals surface area (Å²) in [4.78, 5) is 34.4. The Morgan fingerprint density at radius 3 is 2.33 bits per heavy atom. The number of benzene rings is 2. The van der Waals surface area contributed by atoms with Crippen LogP contribution in [0.3, 0.4) is 0 Å². The van der Waals surface area contributed by atoms with Crippen molar-refractivity contribution in [3.63, 3.8) is 0 Å². The fourth-order valence-electron chi connectivity index (χ4n) is 2.49. The molecule has 0 saturated carbocycles. The standard InChI is InChI=1S/C18H15N5O4/c19-17(24)16(12-4-2-1-3-5-12)20-18(25)15-10-11-22(21-15)13-6-8-14(9-7-13)23(26)27/h1-11,16H,(H2,19,24)(H,20,25). The summed E-state index contributed by atoms with van der Waals surface area (Å²) in [6.45, 7) is 0. The van der Waals surface area contributed by atoms with Gasteiger partial charge in [-0.1, -0.05) is 30.3 Å². The summed E-state index contributed by atoms with van der Waals surface area (Å²) in [5.74, 6) is -1.26. The first kappa shape index (κ1) is 17.8. The van der Waals surface area contributed by atoms with Crippen molar-refractivity contribution >= 4 is 17.5 Å². The van der Waals surface area contributed by atoms with Crippen LogP contribution in [0.15, 0.2) is 66.9 Å². The number of non-ortho nitro benzene ring substituents is 1. The number of nitro benzene ring substituents is 1. The van der Waals surface area contributed by atoms with Gasteiger partial charge in [-0.25, -0.2) is 4.68 Å². The van der Waals surface area contributed by atoms with Gasteiger partial charge in [-0.2, -0.15) is 5.10 Å². The molecule has 9 nitrogen and oxygen atoms in total. The lowest BCUT2D eigenvalue weighted by Crippen LogP contribution is -2.37. The van der Waals surface area contributed by atoms with E-state index in [0.29, 0.717) is 11.3 Å². The topological polar surface area (TPSA) is 133 Å². The molecule has 0 bridgehead atoms. The average Bonchev–Trinajstić information content (AvgIpc) is 3.17. The maximum absolute atomic E-state index is 12.4. The summed E-state index contributed by atoms with van der Waals surface area (Å²) in [7, 11) is 0. The zero-order chi connectivity index (χ0) is 19.4. The average molecular weight is 365 g/mol. The second-order valence-corrected chi connectivity index (χ2v) is 5.64. The van der Waals surface area contributed by atoms with Gasteiger partial charge in [-0.15, -0.1) is 0 Å². The van der Waals surface area contributed by atoms with Crippen LogP contribution in [0.4, 0.5) is 5.69 Å². The highest BCUT2D eigenvalue weighted by Gasteiger charge is 2.22. The summed E-state index contributed by atoms with van der Waals surface area (Å²) < 4.78 is 1.40. The van der Waals surface area contributed by atoms with Crippen LogP contribution >= 0.6 is 0 Å². The smallest absolute Gasteiger partial charge is 0.272 e. The zero-order valence-corrected chi connectivity index (χ0v) is 14.0. The molecule has 2 amide bonds. The fraction of sp³-hybridized carbons (Fsp3) is 0.0556. The maximum atomic E-state index is 12.4. The number of nitrogens with zero attached hydrogens (tertiary/aromatic N) is 3. The van der Waals surface area contributed by atoms with Crippen LogP contribution < -0.4 is 11.1 Å². The van der Waals surface area contributed by atoms with E-state index in [4.69, 9.17) is 5.73 Å². The lowest BCUT2D eigenvalue weighted by molar-refractivity contribution is -0.384. The van der Waals surface area contributed by atoms with Crippen molar-refractivity contribution in [2.24, 2.45) is 5.73 Å². The van der Waals surface area contributed by atoms with Crippen LogP contribution in [0, 0.1) is 10.1 Å². The van der Waals surface area contributed by atoms with E-state index in [9.17, 15) is 19.7 Å². The molecule has 1 heterocycles. The molecule has 0 aliphatic heterocycles. The van der Waals surface area contributed by atoms with Crippen LogP contribution in [-0.2, 0) is 4.79 Å². The second kappa shape index (κ2) is 7.48. The first-order chi connectivity index (χ1) is 13.0. The van der Waals surface area contributed by atoms with Crippen molar-refractivity contribution in [1.29, 1.82) is 0 Å². The van der Waals surface area contributed by atoms with Crippen molar-refractivity contribution in [3.8, 4) is 5.69 Å². The Kier molecular flexibility index (Phi) is 4.93. The van der Waals surface area contributed by atoms with Gasteiger partial charge < -0.3 is 11.1 Å². The van der Waals surface area contributed by atoms with Gasteiger partial charge in [-0.3, -0.25) is 19.7 Å². The number of carbonyl (C=O) groups excluding carboxylic acids is 2. The maximum Gasteiger partial charge on any atom is 0.272 e. The van der Waals surface area contributed by atoms with Gasteiger partial charge in [-0.05, 0) is 23.8 Å². The molecule has 3 N–H and O–H groups in total. The number of aromatic nitrogens is 2. The van der Waals surface area contributed by atoms with E-state index in [2.05, 4.69) is 10.4 Å². The molecule has 0 aliphatic rings. The summed E-state index contributed by atoms with van der Waals surface area (Å²) in [6, 6.07) is 14.8. The molecule has 0 aliphatic carbocycles. The first-order valence-electron chi connectivity index (χ1n) is 7.91. The molecule has 0 saturated heterocycles. The van der Waals surface area contributed by atoms with Gasteiger partial charge in [0.25, 0.3) is 11.6 Å². The van der Waals surface area contributed by atoms with E-state index in [-0.39, 0.29) is 11.4 Å². The molecule has 136 valence electrons. The Labute approximate surface area is 153 Å². The zero-order valence-electron chi connectivity index (χ0n) is 14.0. The quantitative estimate of drug-likeness (QED) is 0.507. The number of hydrogen-bond donors (Lipinski definition) is 2. The van der Waals surface area contributed by atoms with Crippen molar-refractivity contribution in [2.45, 2.75) is 6.04 Å². The number of amides is 2. The minimum atomic E-state index is -0.983. The van der Waals surface area contributed by atoms with E-state index in [1.54, 1.807) is 30.3 Å². The molecule has 27 heavy (non-hydrogen) atoms. The Morgan fingerprint density at radius 1 is 1.07 bits per heavy atom. The molecule has 9 heteroatoms. The first-order valence-corrected chi connectivity index (χ1v) is 7.91. The molecule has 1 unspecified atom stereocenters. The number of nitrogens with one attached hydrogen (secondary N) is 1. The number of nitro groups is 1. The van der Waals surface area contributed by atoms with E-state index < -0.39 is 22.8 Å². The predicted octanol–water partition coefficient (Wildman–Crippen LogP) is 1.74. The van der Waals surface area contributed by atoms with E-state index >= 15 is 0 Å². The number of primary amides is 1. The van der Waals surface area contributed by atoms with Crippen molar-refractivity contribution in [2.75, 3.05) is 0 Å². The third-order valence-electron chi connectivity index (χ3n) is 3.84. The van der Waals surface area contributed by atoms with Crippen molar-refractivity contribution in [3.05, 3.63) is 88.2 Å². The number of hydrogen-bond acceptors (Lipinski definition) is 5. The highest BCUT2D eigenvalue weighted by Crippen LogP contribution is 2.16. The minimum absolute atomic E-state index is 0.0453. The molecule has 2 aromatic carbocycles. The molecule has 1 atom stereocenters. The van der Waals surface area contributed by atoms with Crippen molar-refractivity contribution in [1.82, 2.24) is 15.1 Å². The summed E-state index contributed by atoms with van der Waals surface area (Å²) in [5, 5.41) is 17.4. The van der Waals surface area contributed by atoms with Crippen LogP contribution in [0.1, 0.15) is 22.1 Å². The molecular weight excluding hydrogens is 350 g/mol. The molecule has 0 spiro atoms. The Bertz CT molecular complexity index is 983. The van der Waals surface area contributed by atoms with E-state index in [1.807, 2.05) is 0 Å². The van der Waals surface area contributed by atoms with Crippen LogP contribution in [0.2, 0.25) is 0 Å². The SMILES string of the molecule is NC(=O)C(NC(=O)c1ccn(-c2ccc([N+](=O)[O-])cc2)n1)c1ccccc1. The summed E-state index contributed by atoms with van der Waals surface area (Å²) in [5.41, 5.74) is 6.54.